The number of ketones is 2. The Morgan fingerprint density at radius 2 is 1.79 bits per heavy atom. The van der Waals surface area contributed by atoms with Gasteiger partial charge in [-0.25, -0.2) is 4.98 Å². The van der Waals surface area contributed by atoms with Gasteiger partial charge in [-0.3, -0.25) is 19.3 Å². The molecule has 1 saturated heterocycles. The van der Waals surface area contributed by atoms with Gasteiger partial charge >= 0.3 is 5.91 Å². The minimum Gasteiger partial charge on any atom is -0.507 e. The third-order valence-electron chi connectivity index (χ3n) is 5.38. The van der Waals surface area contributed by atoms with E-state index in [4.69, 9.17) is 27.9 Å². The van der Waals surface area contributed by atoms with Gasteiger partial charge in [0.1, 0.15) is 11.5 Å². The van der Waals surface area contributed by atoms with Gasteiger partial charge in [-0.15, -0.1) is 0 Å². The first kappa shape index (κ1) is 23.9. The van der Waals surface area contributed by atoms with E-state index in [1.165, 1.54) is 25.0 Å². The molecule has 0 aliphatic carbocycles. The molecule has 1 amide bonds. The van der Waals surface area contributed by atoms with Crippen LogP contribution in [-0.4, -0.2) is 34.7 Å². The van der Waals surface area contributed by atoms with Gasteiger partial charge in [-0.05, 0) is 48.9 Å². The van der Waals surface area contributed by atoms with Crippen LogP contribution in [0.1, 0.15) is 39.5 Å². The average Bonchev–Trinajstić information content (AvgIpc) is 3.32. The summed E-state index contributed by atoms with van der Waals surface area (Å²) in [7, 11) is 1.51. The SMILES string of the molecule is COc1ccc(C(O)=C2C(=O)C(=O)N(c3nc(C)c(C(C)=O)s3)C2c2ccc(Cl)c(Cl)c2)cc1. The summed E-state index contributed by atoms with van der Waals surface area (Å²) in [5.41, 5.74) is 1.08. The van der Waals surface area contributed by atoms with E-state index in [0.29, 0.717) is 32.5 Å². The first-order chi connectivity index (χ1) is 16.1. The zero-order chi connectivity index (χ0) is 24.7. The highest BCUT2D eigenvalue weighted by molar-refractivity contribution is 7.18. The number of benzene rings is 2. The van der Waals surface area contributed by atoms with Crippen LogP contribution in [0.15, 0.2) is 48.0 Å². The highest BCUT2D eigenvalue weighted by Crippen LogP contribution is 2.44. The summed E-state index contributed by atoms with van der Waals surface area (Å²) >= 11 is 13.3. The summed E-state index contributed by atoms with van der Waals surface area (Å²) in [6, 6.07) is 10.1. The number of aryl methyl sites for hydroxylation is 1. The lowest BCUT2D eigenvalue weighted by atomic mass is 9.95. The first-order valence-corrected chi connectivity index (χ1v) is 11.6. The molecule has 10 heteroatoms. The van der Waals surface area contributed by atoms with Gasteiger partial charge in [0, 0.05) is 12.5 Å². The summed E-state index contributed by atoms with van der Waals surface area (Å²) in [6.07, 6.45) is 0. The standard InChI is InChI=1S/C24H18Cl2N2O5S/c1-11-22(12(2)29)34-24(27-11)28-19(14-6-9-16(25)17(26)10-14)18(21(31)23(28)32)20(30)13-4-7-15(33-3)8-5-13/h4-10,19,30H,1-3H3. The highest BCUT2D eigenvalue weighted by Gasteiger charge is 2.48. The number of halogens is 2. The number of carbonyl (C=O) groups excluding carboxylic acids is 3. The number of aromatic nitrogens is 1. The molecule has 1 unspecified atom stereocenters. The number of hydrogen-bond donors (Lipinski definition) is 1. The molecule has 7 nitrogen and oxygen atoms in total. The van der Waals surface area contributed by atoms with Crippen LogP contribution in [-0.2, 0) is 9.59 Å². The van der Waals surface area contributed by atoms with Crippen molar-refractivity contribution in [3.63, 3.8) is 0 Å². The van der Waals surface area contributed by atoms with Crippen molar-refractivity contribution in [3.05, 3.63) is 79.8 Å². The van der Waals surface area contributed by atoms with Crippen molar-refractivity contribution in [1.82, 2.24) is 4.98 Å². The largest absolute Gasteiger partial charge is 0.507 e. The number of hydrogen-bond acceptors (Lipinski definition) is 7. The maximum atomic E-state index is 13.2. The number of rotatable bonds is 5. The molecule has 174 valence electrons. The second kappa shape index (κ2) is 9.21. The van der Waals surface area contributed by atoms with Gasteiger partial charge in [0.05, 0.1) is 39.3 Å². The van der Waals surface area contributed by atoms with Gasteiger partial charge in [-0.1, -0.05) is 40.6 Å². The summed E-state index contributed by atoms with van der Waals surface area (Å²) in [5.74, 6) is -1.77. The van der Waals surface area contributed by atoms with Crippen LogP contribution < -0.4 is 9.64 Å². The number of anilines is 1. The molecule has 1 aliphatic heterocycles. The molecule has 1 atom stereocenters. The number of aliphatic hydroxyl groups is 1. The number of nitrogens with zero attached hydrogens (tertiary/aromatic N) is 2. The molecule has 1 aliphatic rings. The van der Waals surface area contributed by atoms with Gasteiger partial charge < -0.3 is 9.84 Å². The van der Waals surface area contributed by atoms with Gasteiger partial charge in [-0.2, -0.15) is 0 Å². The van der Waals surface area contributed by atoms with E-state index in [0.717, 1.165) is 11.3 Å². The highest BCUT2D eigenvalue weighted by atomic mass is 35.5. The van der Waals surface area contributed by atoms with Crippen LogP contribution in [0.5, 0.6) is 5.75 Å². The molecule has 1 fully saturated rings. The number of carbonyl (C=O) groups is 3. The fourth-order valence-corrected chi connectivity index (χ4v) is 5.04. The zero-order valence-electron chi connectivity index (χ0n) is 18.3. The molecule has 0 spiro atoms. The van der Waals surface area contributed by atoms with E-state index in [2.05, 4.69) is 4.98 Å². The summed E-state index contributed by atoms with van der Waals surface area (Å²) in [4.78, 5) is 44.3. The molecule has 2 aromatic carbocycles. The Bertz CT molecular complexity index is 1360. The smallest absolute Gasteiger partial charge is 0.301 e. The third kappa shape index (κ3) is 4.09. The lowest BCUT2D eigenvalue weighted by Crippen LogP contribution is -2.29. The second-order valence-electron chi connectivity index (χ2n) is 7.54. The Labute approximate surface area is 209 Å². The zero-order valence-corrected chi connectivity index (χ0v) is 20.6. The maximum absolute atomic E-state index is 13.2. The number of methoxy groups -OCH3 is 1. The molecule has 4 rings (SSSR count). The normalized spacial score (nSPS) is 17.3. The number of thiazole rings is 1. The third-order valence-corrected chi connectivity index (χ3v) is 7.38. The Kier molecular flexibility index (Phi) is 6.49. The Morgan fingerprint density at radius 3 is 2.35 bits per heavy atom. The minimum absolute atomic E-state index is 0.134. The molecule has 34 heavy (non-hydrogen) atoms. The number of ether oxygens (including phenoxy) is 1. The average molecular weight is 517 g/mol. The lowest BCUT2D eigenvalue weighted by molar-refractivity contribution is -0.132. The van der Waals surface area contributed by atoms with Crippen molar-refractivity contribution in [3.8, 4) is 5.75 Å². The van der Waals surface area contributed by atoms with Gasteiger partial charge in [0.25, 0.3) is 5.78 Å². The van der Waals surface area contributed by atoms with E-state index in [-0.39, 0.29) is 27.3 Å². The van der Waals surface area contributed by atoms with Crippen LogP contribution in [0.25, 0.3) is 5.76 Å². The van der Waals surface area contributed by atoms with Crippen molar-refractivity contribution in [2.24, 2.45) is 0 Å². The van der Waals surface area contributed by atoms with Crippen LogP contribution in [0, 0.1) is 6.92 Å². The molecular weight excluding hydrogens is 499 g/mol. The number of amides is 1. The van der Waals surface area contributed by atoms with Crippen molar-refractivity contribution < 1.29 is 24.2 Å². The van der Waals surface area contributed by atoms with E-state index in [9.17, 15) is 19.5 Å². The van der Waals surface area contributed by atoms with Crippen LogP contribution >= 0.6 is 34.5 Å². The fourth-order valence-electron chi connectivity index (χ4n) is 3.74. The Hall–Kier alpha value is -3.20. The van der Waals surface area contributed by atoms with Crippen molar-refractivity contribution in [2.75, 3.05) is 12.0 Å². The quantitative estimate of drug-likeness (QED) is 0.205. The minimum atomic E-state index is -1.04. The van der Waals surface area contributed by atoms with E-state index in [1.807, 2.05) is 0 Å². The molecule has 3 aromatic rings. The van der Waals surface area contributed by atoms with Gasteiger partial charge in [0.2, 0.25) is 0 Å². The van der Waals surface area contributed by atoms with E-state index in [1.54, 1.807) is 43.3 Å². The van der Waals surface area contributed by atoms with E-state index < -0.39 is 17.7 Å². The molecular formula is C24H18Cl2N2O5S. The maximum Gasteiger partial charge on any atom is 0.301 e. The summed E-state index contributed by atoms with van der Waals surface area (Å²) in [6.45, 7) is 3.05. The lowest BCUT2D eigenvalue weighted by Gasteiger charge is -2.23. The monoisotopic (exact) mass is 516 g/mol. The molecule has 1 N–H and O–H groups in total. The first-order valence-electron chi connectivity index (χ1n) is 10.0. The molecule has 0 bridgehead atoms. The van der Waals surface area contributed by atoms with Gasteiger partial charge in [0.15, 0.2) is 10.9 Å². The number of Topliss-reactive ketones (excluding diaryl/α,β-unsaturated/α-hetero) is 2. The van der Waals surface area contributed by atoms with Crippen LogP contribution in [0.2, 0.25) is 10.0 Å². The summed E-state index contributed by atoms with van der Waals surface area (Å²) < 4.78 is 5.15. The Morgan fingerprint density at radius 1 is 1.12 bits per heavy atom. The number of aliphatic hydroxyl groups excluding tert-OH is 1. The fraction of sp³-hybridized carbons (Fsp3) is 0.167. The molecule has 0 saturated carbocycles. The van der Waals surface area contributed by atoms with Crippen LogP contribution in [0.4, 0.5) is 5.13 Å². The second-order valence-corrected chi connectivity index (χ2v) is 9.33. The summed E-state index contributed by atoms with van der Waals surface area (Å²) in [5, 5.41) is 11.8. The molecule has 0 radical (unpaired) electrons. The predicted molar refractivity (Wildman–Crippen MR) is 131 cm³/mol. The predicted octanol–water partition coefficient (Wildman–Crippen LogP) is 5.60. The van der Waals surface area contributed by atoms with Crippen molar-refractivity contribution in [2.45, 2.75) is 19.9 Å². The van der Waals surface area contributed by atoms with E-state index >= 15 is 0 Å². The Balaban J connectivity index is 1.95. The molecule has 1 aromatic heterocycles. The van der Waals surface area contributed by atoms with Crippen LogP contribution in [0.3, 0.4) is 0 Å². The molecule has 2 heterocycles. The topological polar surface area (TPSA) is 96.8 Å². The van der Waals surface area contributed by atoms with Crippen molar-refractivity contribution in [1.29, 1.82) is 0 Å². The van der Waals surface area contributed by atoms with Crippen molar-refractivity contribution >= 4 is 62.9 Å².